The van der Waals surface area contributed by atoms with Crippen LogP contribution in [0.2, 0.25) is 5.02 Å². The summed E-state index contributed by atoms with van der Waals surface area (Å²) in [4.78, 5) is 12.1. The zero-order valence-electron chi connectivity index (χ0n) is 11.0. The van der Waals surface area contributed by atoms with E-state index in [-0.39, 0.29) is 12.2 Å². The van der Waals surface area contributed by atoms with E-state index in [9.17, 15) is 4.79 Å². The minimum atomic E-state index is 0.0931. The van der Waals surface area contributed by atoms with E-state index in [0.29, 0.717) is 17.1 Å². The van der Waals surface area contributed by atoms with Crippen LogP contribution in [0.4, 0.5) is 5.69 Å². The Labute approximate surface area is 117 Å². The number of nitrogens with two attached hydrogens (primary N) is 1. The molecule has 2 N–H and O–H groups in total. The minimum Gasteiger partial charge on any atom is -0.399 e. The van der Waals surface area contributed by atoms with Crippen LogP contribution in [0.25, 0.3) is 0 Å². The highest BCUT2D eigenvalue weighted by molar-refractivity contribution is 6.32. The molecule has 0 spiro atoms. The number of ketones is 1. The number of carbonyl (C=O) groups excluding carboxylic acids is 1. The number of anilines is 1. The van der Waals surface area contributed by atoms with Crippen LogP contribution in [-0.2, 0) is 24.7 Å². The van der Waals surface area contributed by atoms with E-state index in [2.05, 4.69) is 5.10 Å². The maximum atomic E-state index is 12.1. The van der Waals surface area contributed by atoms with Gasteiger partial charge in [-0.15, -0.1) is 0 Å². The van der Waals surface area contributed by atoms with E-state index in [1.807, 2.05) is 25.1 Å². The Bertz CT molecular complexity index is 619. The van der Waals surface area contributed by atoms with Crippen molar-refractivity contribution in [1.82, 2.24) is 9.78 Å². The molecule has 1 heterocycles. The molecule has 0 unspecified atom stereocenters. The van der Waals surface area contributed by atoms with E-state index < -0.39 is 0 Å². The fraction of sp³-hybridized carbons (Fsp3) is 0.286. The molecule has 0 aliphatic rings. The normalized spacial score (nSPS) is 10.7. The monoisotopic (exact) mass is 277 g/mol. The van der Waals surface area contributed by atoms with Gasteiger partial charge in [-0.1, -0.05) is 23.7 Å². The Hall–Kier alpha value is -1.81. The summed E-state index contributed by atoms with van der Waals surface area (Å²) < 4.78 is 1.66. The molecule has 2 aromatic rings. The van der Waals surface area contributed by atoms with Crippen LogP contribution in [0.5, 0.6) is 0 Å². The molecule has 100 valence electrons. The molecule has 0 bridgehead atoms. The smallest absolute Gasteiger partial charge is 0.143 e. The maximum absolute atomic E-state index is 12.1. The molecule has 0 aliphatic carbocycles. The standard InChI is InChI=1S/C14H16ClN3O/c1-9-14(15)13(18(2)17-9)8-12(19)7-10-4-3-5-11(16)6-10/h3-6H,7-8,16H2,1-2H3. The molecule has 0 amide bonds. The molecule has 19 heavy (non-hydrogen) atoms. The number of aromatic nitrogens is 2. The molecule has 5 heteroatoms. The van der Waals surface area contributed by atoms with Crippen molar-refractivity contribution >= 4 is 23.1 Å². The van der Waals surface area contributed by atoms with E-state index in [4.69, 9.17) is 17.3 Å². The van der Waals surface area contributed by atoms with Gasteiger partial charge in [0.25, 0.3) is 0 Å². The summed E-state index contributed by atoms with van der Waals surface area (Å²) in [5.74, 6) is 0.0931. The lowest BCUT2D eigenvalue weighted by molar-refractivity contribution is -0.117. The van der Waals surface area contributed by atoms with Crippen LogP contribution in [0, 0.1) is 6.92 Å². The number of Topliss-reactive ketones (excluding diaryl/α,β-unsaturated/α-hetero) is 1. The highest BCUT2D eigenvalue weighted by Gasteiger charge is 2.15. The lowest BCUT2D eigenvalue weighted by Gasteiger charge is -2.04. The Morgan fingerprint density at radius 2 is 2.16 bits per heavy atom. The van der Waals surface area contributed by atoms with Crippen LogP contribution in [0.3, 0.4) is 0 Å². The molecular formula is C14H16ClN3O. The zero-order valence-corrected chi connectivity index (χ0v) is 11.7. The molecule has 0 saturated carbocycles. The zero-order chi connectivity index (χ0) is 14.0. The van der Waals surface area contributed by atoms with Crippen molar-refractivity contribution in [1.29, 1.82) is 0 Å². The summed E-state index contributed by atoms with van der Waals surface area (Å²) in [6.45, 7) is 1.83. The molecule has 0 aliphatic heterocycles. The van der Waals surface area contributed by atoms with Gasteiger partial charge in [0.15, 0.2) is 0 Å². The number of hydrogen-bond acceptors (Lipinski definition) is 3. The van der Waals surface area contributed by atoms with Crippen molar-refractivity contribution in [3.05, 3.63) is 46.2 Å². The maximum Gasteiger partial charge on any atom is 0.143 e. The van der Waals surface area contributed by atoms with Crippen LogP contribution < -0.4 is 5.73 Å². The minimum absolute atomic E-state index is 0.0931. The number of carbonyl (C=O) groups is 1. The summed E-state index contributed by atoms with van der Waals surface area (Å²) in [6, 6.07) is 7.35. The van der Waals surface area contributed by atoms with E-state index in [1.54, 1.807) is 17.8 Å². The molecule has 0 atom stereocenters. The molecule has 0 fully saturated rings. The summed E-state index contributed by atoms with van der Waals surface area (Å²) in [6.07, 6.45) is 0.635. The number of nitrogens with zero attached hydrogens (tertiary/aromatic N) is 2. The second-order valence-corrected chi connectivity index (χ2v) is 4.98. The van der Waals surface area contributed by atoms with Crippen molar-refractivity contribution in [2.24, 2.45) is 7.05 Å². The number of aryl methyl sites for hydroxylation is 2. The predicted molar refractivity (Wildman–Crippen MR) is 76.2 cm³/mol. The SMILES string of the molecule is Cc1nn(C)c(CC(=O)Cc2cccc(N)c2)c1Cl. The van der Waals surface area contributed by atoms with Gasteiger partial charge >= 0.3 is 0 Å². The van der Waals surface area contributed by atoms with Crippen molar-refractivity contribution in [3.63, 3.8) is 0 Å². The van der Waals surface area contributed by atoms with Crippen LogP contribution in [0.1, 0.15) is 17.0 Å². The third-order valence-corrected chi connectivity index (χ3v) is 3.47. The molecule has 0 radical (unpaired) electrons. The van der Waals surface area contributed by atoms with Gasteiger partial charge in [-0.25, -0.2) is 0 Å². The van der Waals surface area contributed by atoms with Crippen LogP contribution >= 0.6 is 11.6 Å². The first-order valence-electron chi connectivity index (χ1n) is 6.01. The molecule has 4 nitrogen and oxygen atoms in total. The van der Waals surface area contributed by atoms with Crippen molar-refractivity contribution in [2.45, 2.75) is 19.8 Å². The third-order valence-electron chi connectivity index (χ3n) is 2.98. The topological polar surface area (TPSA) is 60.9 Å². The molecule has 1 aromatic carbocycles. The van der Waals surface area contributed by atoms with Gasteiger partial charge in [0.1, 0.15) is 5.78 Å². The Balaban J connectivity index is 2.09. The highest BCUT2D eigenvalue weighted by Crippen LogP contribution is 2.20. The summed E-state index contributed by atoms with van der Waals surface area (Å²) >= 11 is 6.13. The first kappa shape index (κ1) is 13.6. The predicted octanol–water partition coefficient (Wildman–Crippen LogP) is 2.32. The van der Waals surface area contributed by atoms with Gasteiger partial charge in [-0.05, 0) is 24.6 Å². The van der Waals surface area contributed by atoms with Crippen molar-refractivity contribution in [2.75, 3.05) is 5.73 Å². The van der Waals surface area contributed by atoms with E-state index in [1.165, 1.54) is 0 Å². The van der Waals surface area contributed by atoms with Gasteiger partial charge in [-0.3, -0.25) is 9.48 Å². The number of benzene rings is 1. The highest BCUT2D eigenvalue weighted by atomic mass is 35.5. The van der Waals surface area contributed by atoms with Gasteiger partial charge in [0.05, 0.1) is 22.8 Å². The first-order chi connectivity index (χ1) is 8.97. The van der Waals surface area contributed by atoms with Crippen molar-refractivity contribution < 1.29 is 4.79 Å². The largest absolute Gasteiger partial charge is 0.399 e. The fourth-order valence-electron chi connectivity index (χ4n) is 2.05. The average Bonchev–Trinajstić information content (AvgIpc) is 2.56. The van der Waals surface area contributed by atoms with Crippen molar-refractivity contribution in [3.8, 4) is 0 Å². The van der Waals surface area contributed by atoms with E-state index >= 15 is 0 Å². The lowest BCUT2D eigenvalue weighted by Crippen LogP contribution is -2.10. The number of hydrogen-bond donors (Lipinski definition) is 1. The molecule has 2 rings (SSSR count). The summed E-state index contributed by atoms with van der Waals surface area (Å²) in [5, 5.41) is 4.77. The first-order valence-corrected chi connectivity index (χ1v) is 6.39. The van der Waals surface area contributed by atoms with Crippen LogP contribution in [-0.4, -0.2) is 15.6 Å². The molecule has 0 saturated heterocycles. The van der Waals surface area contributed by atoms with Gasteiger partial charge in [0.2, 0.25) is 0 Å². The molecular weight excluding hydrogens is 262 g/mol. The quantitative estimate of drug-likeness (QED) is 0.873. The lowest BCUT2D eigenvalue weighted by atomic mass is 10.1. The number of halogens is 1. The van der Waals surface area contributed by atoms with E-state index in [0.717, 1.165) is 17.0 Å². The Morgan fingerprint density at radius 3 is 2.74 bits per heavy atom. The van der Waals surface area contributed by atoms with Gasteiger partial charge in [-0.2, -0.15) is 5.10 Å². The molecule has 1 aromatic heterocycles. The second kappa shape index (κ2) is 5.45. The second-order valence-electron chi connectivity index (χ2n) is 4.61. The Kier molecular flexibility index (Phi) is 3.90. The average molecular weight is 278 g/mol. The third kappa shape index (κ3) is 3.15. The van der Waals surface area contributed by atoms with Gasteiger partial charge < -0.3 is 5.73 Å². The van der Waals surface area contributed by atoms with Crippen LogP contribution in [0.15, 0.2) is 24.3 Å². The number of rotatable bonds is 4. The fourth-order valence-corrected chi connectivity index (χ4v) is 2.28. The number of nitrogen functional groups attached to an aromatic ring is 1. The summed E-state index contributed by atoms with van der Waals surface area (Å²) in [5.41, 5.74) is 8.78. The summed E-state index contributed by atoms with van der Waals surface area (Å²) in [7, 11) is 1.79. The Morgan fingerprint density at radius 1 is 1.42 bits per heavy atom. The van der Waals surface area contributed by atoms with Gasteiger partial charge in [0, 0.05) is 19.2 Å².